The fourth-order valence-corrected chi connectivity index (χ4v) is 1.50. The number of hydrogen-bond acceptors (Lipinski definition) is 3. The molecule has 1 saturated carbocycles. The van der Waals surface area contributed by atoms with E-state index in [-0.39, 0.29) is 18.4 Å². The summed E-state index contributed by atoms with van der Waals surface area (Å²) >= 11 is 0. The average molecular weight is 214 g/mol. The summed E-state index contributed by atoms with van der Waals surface area (Å²) in [7, 11) is 0. The lowest BCUT2D eigenvalue weighted by Crippen LogP contribution is -2.46. The lowest BCUT2D eigenvalue weighted by atomic mass is 10.1. The zero-order valence-corrected chi connectivity index (χ0v) is 8.90. The van der Waals surface area contributed by atoms with Gasteiger partial charge in [-0.2, -0.15) is 0 Å². The summed E-state index contributed by atoms with van der Waals surface area (Å²) in [6, 6.07) is -0.771. The minimum Gasteiger partial charge on any atom is -0.481 e. The van der Waals surface area contributed by atoms with Crippen LogP contribution >= 0.6 is 0 Å². The van der Waals surface area contributed by atoms with Crippen LogP contribution in [0, 0.1) is 5.92 Å². The first kappa shape index (κ1) is 12.0. The van der Waals surface area contributed by atoms with Crippen molar-refractivity contribution < 1.29 is 14.7 Å². The van der Waals surface area contributed by atoms with Crippen LogP contribution in [-0.4, -0.2) is 29.1 Å². The van der Waals surface area contributed by atoms with Crippen LogP contribution in [0.15, 0.2) is 0 Å². The number of hydrogen-bond donors (Lipinski definition) is 3. The molecule has 1 rings (SSSR count). The van der Waals surface area contributed by atoms with Crippen molar-refractivity contribution in [2.24, 2.45) is 11.7 Å². The molecule has 15 heavy (non-hydrogen) atoms. The Balaban J connectivity index is 2.43. The lowest BCUT2D eigenvalue weighted by Gasteiger charge is -2.18. The van der Waals surface area contributed by atoms with Crippen LogP contribution in [0.3, 0.4) is 0 Å². The van der Waals surface area contributed by atoms with Gasteiger partial charge < -0.3 is 16.2 Å². The third-order valence-corrected chi connectivity index (χ3v) is 2.69. The van der Waals surface area contributed by atoms with Crippen LogP contribution in [0.25, 0.3) is 0 Å². The Morgan fingerprint density at radius 2 is 2.13 bits per heavy atom. The van der Waals surface area contributed by atoms with E-state index in [1.165, 1.54) is 0 Å². The van der Waals surface area contributed by atoms with Crippen LogP contribution in [0.2, 0.25) is 0 Å². The number of aliphatic carboxylic acids is 1. The summed E-state index contributed by atoms with van der Waals surface area (Å²) in [6.45, 7) is 1.83. The van der Waals surface area contributed by atoms with Crippen LogP contribution in [0.5, 0.6) is 0 Å². The van der Waals surface area contributed by atoms with Crippen molar-refractivity contribution in [3.05, 3.63) is 0 Å². The molecule has 0 spiro atoms. The van der Waals surface area contributed by atoms with E-state index in [4.69, 9.17) is 10.8 Å². The summed E-state index contributed by atoms with van der Waals surface area (Å²) in [5.41, 5.74) is 5.56. The van der Waals surface area contributed by atoms with E-state index in [0.29, 0.717) is 12.3 Å². The molecule has 86 valence electrons. The molecule has 2 atom stereocenters. The van der Waals surface area contributed by atoms with Gasteiger partial charge in [0, 0.05) is 6.04 Å². The fraction of sp³-hybridized carbons (Fsp3) is 0.800. The number of amides is 1. The number of nitrogens with one attached hydrogen (secondary N) is 1. The summed E-state index contributed by atoms with van der Waals surface area (Å²) in [4.78, 5) is 22.0. The molecule has 5 heteroatoms. The second-order valence-corrected chi connectivity index (χ2v) is 4.07. The van der Waals surface area contributed by atoms with Gasteiger partial charge in [0.2, 0.25) is 5.91 Å². The van der Waals surface area contributed by atoms with Crippen LogP contribution in [-0.2, 0) is 9.59 Å². The van der Waals surface area contributed by atoms with Gasteiger partial charge in [-0.1, -0.05) is 6.92 Å². The van der Waals surface area contributed by atoms with Gasteiger partial charge in [0.1, 0.15) is 0 Å². The van der Waals surface area contributed by atoms with Gasteiger partial charge in [-0.05, 0) is 25.2 Å². The predicted octanol–water partition coefficient (Wildman–Crippen LogP) is 0.0932. The Labute approximate surface area is 89.0 Å². The maximum absolute atomic E-state index is 11.5. The minimum atomic E-state index is -0.878. The monoisotopic (exact) mass is 214 g/mol. The zero-order chi connectivity index (χ0) is 11.4. The smallest absolute Gasteiger partial charge is 0.305 e. The largest absolute Gasteiger partial charge is 0.481 e. The molecular weight excluding hydrogens is 196 g/mol. The van der Waals surface area contributed by atoms with Crippen molar-refractivity contribution in [3.63, 3.8) is 0 Å². The number of carboxylic acids is 1. The summed E-state index contributed by atoms with van der Waals surface area (Å²) in [5.74, 6) is -0.790. The lowest BCUT2D eigenvalue weighted by molar-refractivity contribution is -0.138. The first-order chi connectivity index (χ1) is 7.04. The molecule has 0 saturated heterocycles. The molecule has 1 amide bonds. The van der Waals surface area contributed by atoms with Gasteiger partial charge in [0.05, 0.1) is 12.5 Å². The van der Waals surface area contributed by atoms with Crippen molar-refractivity contribution in [1.29, 1.82) is 0 Å². The van der Waals surface area contributed by atoms with Gasteiger partial charge in [0.25, 0.3) is 0 Å². The number of nitrogens with two attached hydrogens (primary N) is 1. The van der Waals surface area contributed by atoms with E-state index in [1.54, 1.807) is 0 Å². The van der Waals surface area contributed by atoms with E-state index < -0.39 is 12.0 Å². The number of carbonyl (C=O) groups excluding carboxylic acids is 1. The highest BCUT2D eigenvalue weighted by molar-refractivity contribution is 5.82. The Bertz CT molecular complexity index is 251. The minimum absolute atomic E-state index is 0.00710. The molecule has 1 aliphatic rings. The number of carboxylic acid groups (broad SMARTS) is 1. The molecule has 0 aromatic rings. The molecule has 5 nitrogen and oxygen atoms in total. The zero-order valence-electron chi connectivity index (χ0n) is 8.90. The first-order valence-electron chi connectivity index (χ1n) is 5.32. The maximum Gasteiger partial charge on any atom is 0.305 e. The Morgan fingerprint density at radius 3 is 2.53 bits per heavy atom. The van der Waals surface area contributed by atoms with Gasteiger partial charge in [0.15, 0.2) is 0 Å². The molecule has 0 heterocycles. The number of rotatable bonds is 6. The quantitative estimate of drug-likeness (QED) is 0.584. The predicted molar refractivity (Wildman–Crippen MR) is 55.2 cm³/mol. The van der Waals surface area contributed by atoms with Gasteiger partial charge in [-0.3, -0.25) is 9.59 Å². The van der Waals surface area contributed by atoms with E-state index in [2.05, 4.69) is 5.32 Å². The summed E-state index contributed by atoms with van der Waals surface area (Å²) in [6.07, 6.45) is 2.56. The fourth-order valence-electron chi connectivity index (χ4n) is 1.50. The first-order valence-corrected chi connectivity index (χ1v) is 5.32. The van der Waals surface area contributed by atoms with E-state index in [0.717, 1.165) is 12.8 Å². The van der Waals surface area contributed by atoms with Gasteiger partial charge in [-0.15, -0.1) is 0 Å². The molecule has 1 fully saturated rings. The van der Waals surface area contributed by atoms with Crippen molar-refractivity contribution >= 4 is 11.9 Å². The number of carbonyl (C=O) groups is 2. The highest BCUT2D eigenvalue weighted by Gasteiger charge is 2.34. The molecule has 0 bridgehead atoms. The second-order valence-electron chi connectivity index (χ2n) is 4.07. The normalized spacial score (nSPS) is 19.3. The third-order valence-electron chi connectivity index (χ3n) is 2.69. The van der Waals surface area contributed by atoms with Crippen molar-refractivity contribution in [1.82, 2.24) is 5.32 Å². The molecule has 0 aliphatic heterocycles. The Morgan fingerprint density at radius 1 is 1.53 bits per heavy atom. The molecule has 4 N–H and O–H groups in total. The molecule has 0 radical (unpaired) electrons. The van der Waals surface area contributed by atoms with Crippen LogP contribution in [0.1, 0.15) is 32.6 Å². The van der Waals surface area contributed by atoms with E-state index in [1.807, 2.05) is 6.92 Å². The molecule has 1 aliphatic carbocycles. The highest BCUT2D eigenvalue weighted by atomic mass is 16.4. The molecule has 1 unspecified atom stereocenters. The molecular formula is C10H18N2O3. The standard InChI is InChI=1S/C10H18N2O3/c1-2-7(11)10(15)12-8(5-9(13)14)6-3-4-6/h6-8H,2-5,11H2,1H3,(H,12,15)(H,13,14)/t7-,8?/m1/s1. The van der Waals surface area contributed by atoms with Gasteiger partial charge >= 0.3 is 5.97 Å². The SMILES string of the molecule is CC[C@@H](N)C(=O)NC(CC(=O)O)C1CC1. The summed E-state index contributed by atoms with van der Waals surface area (Å²) < 4.78 is 0. The average Bonchev–Trinajstić information content (AvgIpc) is 2.97. The van der Waals surface area contributed by atoms with Crippen LogP contribution < -0.4 is 11.1 Å². The maximum atomic E-state index is 11.5. The van der Waals surface area contributed by atoms with Crippen LogP contribution in [0.4, 0.5) is 0 Å². The van der Waals surface area contributed by atoms with E-state index in [9.17, 15) is 9.59 Å². The van der Waals surface area contributed by atoms with E-state index >= 15 is 0 Å². The van der Waals surface area contributed by atoms with Crippen molar-refractivity contribution in [3.8, 4) is 0 Å². The summed E-state index contributed by atoms with van der Waals surface area (Å²) in [5, 5.41) is 11.4. The van der Waals surface area contributed by atoms with Gasteiger partial charge in [-0.25, -0.2) is 0 Å². The Kier molecular flexibility index (Phi) is 4.08. The third kappa shape index (κ3) is 3.87. The highest BCUT2D eigenvalue weighted by Crippen LogP contribution is 2.34. The Hall–Kier alpha value is -1.10. The molecule has 0 aromatic carbocycles. The second kappa shape index (κ2) is 5.11. The van der Waals surface area contributed by atoms with Crippen molar-refractivity contribution in [2.75, 3.05) is 0 Å². The molecule has 0 aromatic heterocycles. The van der Waals surface area contributed by atoms with Crippen molar-refractivity contribution in [2.45, 2.75) is 44.7 Å². The topological polar surface area (TPSA) is 92.4 Å².